The van der Waals surface area contributed by atoms with E-state index >= 15 is 0 Å². The molecule has 84 valence electrons. The van der Waals surface area contributed by atoms with E-state index in [1.54, 1.807) is 0 Å². The van der Waals surface area contributed by atoms with E-state index < -0.39 is 11.6 Å². The van der Waals surface area contributed by atoms with Gasteiger partial charge in [-0.2, -0.15) is 0 Å². The first-order valence-corrected chi connectivity index (χ1v) is 5.56. The number of thioether (sulfide) groups is 1. The largest absolute Gasteiger partial charge is 0.396 e. The van der Waals surface area contributed by atoms with Crippen LogP contribution in [0.2, 0.25) is 0 Å². The first kappa shape index (κ1) is 12.4. The minimum Gasteiger partial charge on any atom is -0.396 e. The van der Waals surface area contributed by atoms with E-state index in [4.69, 9.17) is 10.8 Å². The van der Waals surface area contributed by atoms with E-state index in [-0.39, 0.29) is 12.6 Å². The molecule has 0 saturated heterocycles. The number of halogens is 2. The minimum absolute atomic E-state index is 0.0412. The van der Waals surface area contributed by atoms with Crippen molar-refractivity contribution in [3.05, 3.63) is 29.8 Å². The van der Waals surface area contributed by atoms with Gasteiger partial charge in [-0.1, -0.05) is 0 Å². The summed E-state index contributed by atoms with van der Waals surface area (Å²) in [5, 5.41) is 8.62. The van der Waals surface area contributed by atoms with Gasteiger partial charge in [0.15, 0.2) is 11.6 Å². The van der Waals surface area contributed by atoms with Crippen molar-refractivity contribution in [3.8, 4) is 0 Å². The van der Waals surface area contributed by atoms with Crippen molar-refractivity contribution in [2.24, 2.45) is 5.73 Å². The highest BCUT2D eigenvalue weighted by atomic mass is 32.2. The van der Waals surface area contributed by atoms with Gasteiger partial charge in [-0.15, -0.1) is 11.8 Å². The molecule has 3 N–H and O–H groups in total. The lowest BCUT2D eigenvalue weighted by atomic mass is 10.3. The third-order valence-electron chi connectivity index (χ3n) is 1.86. The molecule has 0 aliphatic heterocycles. The topological polar surface area (TPSA) is 46.2 Å². The number of hydrogen-bond acceptors (Lipinski definition) is 3. The van der Waals surface area contributed by atoms with Crippen LogP contribution in [-0.4, -0.2) is 23.5 Å². The second-order valence-corrected chi connectivity index (χ2v) is 4.25. The van der Waals surface area contributed by atoms with Gasteiger partial charge in [0, 0.05) is 23.3 Å². The second kappa shape index (κ2) is 6.05. The molecule has 0 radical (unpaired) electrons. The van der Waals surface area contributed by atoms with Crippen molar-refractivity contribution in [1.29, 1.82) is 0 Å². The monoisotopic (exact) mass is 233 g/mol. The smallest absolute Gasteiger partial charge is 0.159 e. The summed E-state index contributed by atoms with van der Waals surface area (Å²) in [7, 11) is 0. The zero-order valence-corrected chi connectivity index (χ0v) is 8.94. The normalized spacial score (nSPS) is 12.8. The molecule has 1 rings (SSSR count). The van der Waals surface area contributed by atoms with Gasteiger partial charge in [-0.3, -0.25) is 0 Å². The fourth-order valence-corrected chi connectivity index (χ4v) is 1.94. The molecule has 1 aromatic carbocycles. The molecule has 15 heavy (non-hydrogen) atoms. The Hall–Kier alpha value is -0.650. The van der Waals surface area contributed by atoms with E-state index in [1.807, 2.05) is 0 Å². The van der Waals surface area contributed by atoms with Gasteiger partial charge in [0.2, 0.25) is 0 Å². The lowest BCUT2D eigenvalue weighted by Crippen LogP contribution is -2.23. The van der Waals surface area contributed by atoms with Crippen molar-refractivity contribution in [2.45, 2.75) is 17.4 Å². The maximum atomic E-state index is 12.8. The van der Waals surface area contributed by atoms with Crippen LogP contribution >= 0.6 is 11.8 Å². The molecule has 1 atom stereocenters. The van der Waals surface area contributed by atoms with E-state index in [9.17, 15) is 8.78 Å². The van der Waals surface area contributed by atoms with E-state index in [0.717, 1.165) is 12.1 Å². The highest BCUT2D eigenvalue weighted by Gasteiger charge is 2.05. The van der Waals surface area contributed by atoms with Crippen molar-refractivity contribution in [1.82, 2.24) is 0 Å². The Kier molecular flexibility index (Phi) is 5.01. The van der Waals surface area contributed by atoms with E-state index in [2.05, 4.69) is 0 Å². The molecule has 1 aromatic rings. The maximum Gasteiger partial charge on any atom is 0.159 e. The molecular formula is C10H13F2NOS. The van der Waals surface area contributed by atoms with Crippen LogP contribution in [0.25, 0.3) is 0 Å². The van der Waals surface area contributed by atoms with Crippen LogP contribution in [-0.2, 0) is 0 Å². The average molecular weight is 233 g/mol. The average Bonchev–Trinajstić information content (AvgIpc) is 2.20. The van der Waals surface area contributed by atoms with Crippen LogP contribution in [0.4, 0.5) is 8.78 Å². The zero-order chi connectivity index (χ0) is 11.3. The Labute approximate surface area is 91.5 Å². The highest BCUT2D eigenvalue weighted by Crippen LogP contribution is 2.21. The number of rotatable bonds is 5. The number of benzene rings is 1. The molecule has 0 bridgehead atoms. The van der Waals surface area contributed by atoms with Crippen LogP contribution in [0.3, 0.4) is 0 Å². The van der Waals surface area contributed by atoms with Crippen molar-refractivity contribution < 1.29 is 13.9 Å². The number of aliphatic hydroxyl groups is 1. The molecule has 5 heteroatoms. The maximum absolute atomic E-state index is 12.8. The van der Waals surface area contributed by atoms with Gasteiger partial charge in [-0.05, 0) is 24.6 Å². The Morgan fingerprint density at radius 2 is 2.07 bits per heavy atom. The lowest BCUT2D eigenvalue weighted by molar-refractivity contribution is 0.279. The van der Waals surface area contributed by atoms with Gasteiger partial charge in [0.1, 0.15) is 0 Å². The highest BCUT2D eigenvalue weighted by molar-refractivity contribution is 7.99. The quantitative estimate of drug-likeness (QED) is 0.762. The third kappa shape index (κ3) is 4.15. The van der Waals surface area contributed by atoms with Crippen molar-refractivity contribution in [3.63, 3.8) is 0 Å². The fraction of sp³-hybridized carbons (Fsp3) is 0.400. The van der Waals surface area contributed by atoms with Gasteiger partial charge >= 0.3 is 0 Å². The summed E-state index contributed by atoms with van der Waals surface area (Å²) < 4.78 is 25.4. The fourth-order valence-electron chi connectivity index (χ4n) is 1.02. The molecule has 0 fully saturated rings. The predicted octanol–water partition coefficient (Wildman–Crippen LogP) is 1.77. The molecule has 2 nitrogen and oxygen atoms in total. The molecule has 1 unspecified atom stereocenters. The number of hydrogen-bond donors (Lipinski definition) is 2. The Morgan fingerprint density at radius 3 is 2.67 bits per heavy atom. The van der Waals surface area contributed by atoms with Crippen molar-refractivity contribution >= 4 is 11.8 Å². The molecule has 0 aliphatic rings. The summed E-state index contributed by atoms with van der Waals surface area (Å²) in [5.41, 5.74) is 5.65. The Balaban J connectivity index is 2.47. The van der Waals surface area contributed by atoms with Crippen LogP contribution in [0, 0.1) is 11.6 Å². The molecule has 0 spiro atoms. The number of aliphatic hydroxyl groups excluding tert-OH is 1. The molecule has 0 aromatic heterocycles. The standard InChI is InChI=1S/C10H13F2NOS/c11-9-2-1-8(5-10(9)12)15-6-7(13)3-4-14/h1-2,5,7,14H,3-4,6,13H2. The summed E-state index contributed by atoms with van der Waals surface area (Å²) in [5.74, 6) is -1.12. The lowest BCUT2D eigenvalue weighted by Gasteiger charge is -2.09. The SMILES string of the molecule is NC(CCO)CSc1ccc(F)c(F)c1. The molecule has 0 amide bonds. The van der Waals surface area contributed by atoms with Crippen LogP contribution < -0.4 is 5.73 Å². The summed E-state index contributed by atoms with van der Waals surface area (Å²) in [6.07, 6.45) is 0.511. The summed E-state index contributed by atoms with van der Waals surface area (Å²) in [6.45, 7) is 0.0412. The van der Waals surface area contributed by atoms with Gasteiger partial charge in [-0.25, -0.2) is 8.78 Å². The van der Waals surface area contributed by atoms with Gasteiger partial charge in [0.05, 0.1) is 0 Å². The van der Waals surface area contributed by atoms with Crippen LogP contribution in [0.1, 0.15) is 6.42 Å². The summed E-state index contributed by atoms with van der Waals surface area (Å²) >= 11 is 1.35. The molecule has 0 saturated carbocycles. The summed E-state index contributed by atoms with van der Waals surface area (Å²) in [6, 6.07) is 3.61. The van der Waals surface area contributed by atoms with E-state index in [0.29, 0.717) is 17.1 Å². The van der Waals surface area contributed by atoms with E-state index in [1.165, 1.54) is 17.8 Å². The molecule has 0 heterocycles. The Bertz CT molecular complexity index is 322. The van der Waals surface area contributed by atoms with Crippen molar-refractivity contribution in [2.75, 3.05) is 12.4 Å². The first-order valence-electron chi connectivity index (χ1n) is 4.57. The third-order valence-corrected chi connectivity index (χ3v) is 3.04. The van der Waals surface area contributed by atoms with Crippen LogP contribution in [0.5, 0.6) is 0 Å². The second-order valence-electron chi connectivity index (χ2n) is 3.16. The minimum atomic E-state index is -0.851. The summed E-state index contributed by atoms with van der Waals surface area (Å²) in [4.78, 5) is 0.641. The van der Waals surface area contributed by atoms with Crippen LogP contribution in [0.15, 0.2) is 23.1 Å². The number of nitrogens with two attached hydrogens (primary N) is 1. The first-order chi connectivity index (χ1) is 7.13. The van der Waals surface area contributed by atoms with Gasteiger partial charge < -0.3 is 10.8 Å². The zero-order valence-electron chi connectivity index (χ0n) is 8.12. The molecular weight excluding hydrogens is 220 g/mol. The Morgan fingerprint density at radius 1 is 1.33 bits per heavy atom. The predicted molar refractivity (Wildman–Crippen MR) is 56.8 cm³/mol. The van der Waals surface area contributed by atoms with Gasteiger partial charge in [0.25, 0.3) is 0 Å². The molecule has 0 aliphatic carbocycles.